The maximum atomic E-state index is 6.23. The molecule has 5 rings (SSSR count). The molecule has 2 aromatic carbocycles. The van der Waals surface area contributed by atoms with E-state index in [1.165, 1.54) is 5.56 Å². The molecular formula is C21H17N3O. The van der Waals surface area contributed by atoms with Crippen molar-refractivity contribution in [2.24, 2.45) is 7.05 Å². The summed E-state index contributed by atoms with van der Waals surface area (Å²) in [4.78, 5) is 9.26. The van der Waals surface area contributed by atoms with Gasteiger partial charge in [0.15, 0.2) is 0 Å². The molecule has 0 saturated carbocycles. The van der Waals surface area contributed by atoms with Gasteiger partial charge < -0.3 is 8.98 Å². The molecule has 3 aromatic heterocycles. The molecule has 0 aliphatic rings. The lowest BCUT2D eigenvalue weighted by Crippen LogP contribution is -1.95. The third-order valence-corrected chi connectivity index (χ3v) is 4.94. The number of fused-ring (bicyclic) bond motifs is 4. The van der Waals surface area contributed by atoms with Crippen LogP contribution >= 0.6 is 0 Å². The zero-order valence-corrected chi connectivity index (χ0v) is 14.4. The number of nitrogens with zero attached hydrogens (tertiary/aromatic N) is 3. The molecule has 122 valence electrons. The number of benzene rings is 2. The fraction of sp³-hybridized carbons (Fsp3) is 0.143. The van der Waals surface area contributed by atoms with Crippen molar-refractivity contribution < 1.29 is 4.42 Å². The number of para-hydroxylation sites is 1. The van der Waals surface area contributed by atoms with Gasteiger partial charge in [-0.1, -0.05) is 24.3 Å². The first-order chi connectivity index (χ1) is 12.1. The Hall–Kier alpha value is -3.14. The second-order valence-electron chi connectivity index (χ2n) is 6.49. The number of aryl methyl sites for hydroxylation is 3. The molecule has 0 N–H and O–H groups in total. The maximum Gasteiger partial charge on any atom is 0.146 e. The molecule has 0 spiro atoms. The number of pyridine rings is 1. The molecule has 0 saturated heterocycles. The minimum Gasteiger partial charge on any atom is -0.455 e. The molecule has 0 atom stereocenters. The molecule has 0 aliphatic carbocycles. The van der Waals surface area contributed by atoms with E-state index >= 15 is 0 Å². The minimum absolute atomic E-state index is 0.894. The predicted molar refractivity (Wildman–Crippen MR) is 101 cm³/mol. The van der Waals surface area contributed by atoms with Crippen molar-refractivity contribution in [2.45, 2.75) is 13.8 Å². The first-order valence-corrected chi connectivity index (χ1v) is 8.34. The third kappa shape index (κ3) is 1.88. The average Bonchev–Trinajstić information content (AvgIpc) is 3.15. The first kappa shape index (κ1) is 14.2. The van der Waals surface area contributed by atoms with Gasteiger partial charge >= 0.3 is 0 Å². The summed E-state index contributed by atoms with van der Waals surface area (Å²) >= 11 is 0. The van der Waals surface area contributed by atoms with Gasteiger partial charge in [-0.15, -0.1) is 0 Å². The molecule has 4 nitrogen and oxygen atoms in total. The number of furan rings is 1. The highest BCUT2D eigenvalue weighted by Crippen LogP contribution is 2.38. The van der Waals surface area contributed by atoms with Gasteiger partial charge in [-0.05, 0) is 37.6 Å². The second kappa shape index (κ2) is 4.93. The van der Waals surface area contributed by atoms with Crippen LogP contribution in [0.4, 0.5) is 0 Å². The highest BCUT2D eigenvalue weighted by atomic mass is 16.3. The van der Waals surface area contributed by atoms with E-state index in [0.29, 0.717) is 0 Å². The summed E-state index contributed by atoms with van der Waals surface area (Å²) in [6.07, 6.45) is 1.81. The van der Waals surface area contributed by atoms with Gasteiger partial charge in [0.2, 0.25) is 0 Å². The minimum atomic E-state index is 0.894. The summed E-state index contributed by atoms with van der Waals surface area (Å²) in [7, 11) is 2.04. The Morgan fingerprint density at radius 3 is 2.68 bits per heavy atom. The van der Waals surface area contributed by atoms with E-state index < -0.39 is 0 Å². The van der Waals surface area contributed by atoms with Crippen molar-refractivity contribution in [3.05, 3.63) is 59.9 Å². The number of rotatable bonds is 1. The largest absolute Gasteiger partial charge is 0.455 e. The summed E-state index contributed by atoms with van der Waals surface area (Å²) in [6, 6.07) is 14.4. The highest BCUT2D eigenvalue weighted by Gasteiger charge is 2.19. The zero-order chi connectivity index (χ0) is 17.1. The zero-order valence-electron chi connectivity index (χ0n) is 14.4. The van der Waals surface area contributed by atoms with Gasteiger partial charge in [-0.3, -0.25) is 4.98 Å². The Labute approximate surface area is 144 Å². The Bertz CT molecular complexity index is 1280. The maximum absolute atomic E-state index is 6.23. The fourth-order valence-electron chi connectivity index (χ4n) is 3.76. The van der Waals surface area contributed by atoms with Crippen LogP contribution in [0.15, 0.2) is 53.1 Å². The van der Waals surface area contributed by atoms with E-state index in [9.17, 15) is 0 Å². The van der Waals surface area contributed by atoms with Crippen LogP contribution in [-0.4, -0.2) is 14.5 Å². The van der Waals surface area contributed by atoms with E-state index in [2.05, 4.69) is 34.7 Å². The van der Waals surface area contributed by atoms with Crippen LogP contribution < -0.4 is 0 Å². The van der Waals surface area contributed by atoms with Crippen molar-refractivity contribution in [1.29, 1.82) is 0 Å². The number of hydrogen-bond donors (Lipinski definition) is 0. The summed E-state index contributed by atoms with van der Waals surface area (Å²) < 4.78 is 8.34. The SMILES string of the molecule is Cc1ccc(-c2nc3ccnc(C)c3n2C)c2oc3ccccc3c12. The lowest BCUT2D eigenvalue weighted by molar-refractivity contribution is 0.669. The molecule has 3 heterocycles. The Morgan fingerprint density at radius 2 is 1.84 bits per heavy atom. The topological polar surface area (TPSA) is 43.9 Å². The van der Waals surface area contributed by atoms with E-state index in [4.69, 9.17) is 9.40 Å². The molecule has 0 amide bonds. The van der Waals surface area contributed by atoms with Crippen LogP contribution in [0.2, 0.25) is 0 Å². The van der Waals surface area contributed by atoms with Crippen LogP contribution in [0.25, 0.3) is 44.4 Å². The monoisotopic (exact) mass is 327 g/mol. The van der Waals surface area contributed by atoms with Gasteiger partial charge in [-0.2, -0.15) is 0 Å². The molecule has 0 unspecified atom stereocenters. The molecule has 4 heteroatoms. The average molecular weight is 327 g/mol. The van der Waals surface area contributed by atoms with E-state index in [1.54, 1.807) is 6.20 Å². The lowest BCUT2D eigenvalue weighted by atomic mass is 10.0. The summed E-state index contributed by atoms with van der Waals surface area (Å²) in [5.74, 6) is 0.898. The molecule has 25 heavy (non-hydrogen) atoms. The van der Waals surface area contributed by atoms with Gasteiger partial charge in [0, 0.05) is 24.0 Å². The standard InChI is InChI=1S/C21H17N3O/c1-12-8-9-15(20-18(12)14-6-4-5-7-17(14)25-20)21-23-16-10-11-22-13(2)19(16)24(21)3/h4-11H,1-3H3. The van der Waals surface area contributed by atoms with Gasteiger partial charge in [0.1, 0.15) is 17.0 Å². The Kier molecular flexibility index (Phi) is 2.80. The van der Waals surface area contributed by atoms with Crippen LogP contribution in [0.3, 0.4) is 0 Å². The molecular weight excluding hydrogens is 310 g/mol. The number of hydrogen-bond acceptors (Lipinski definition) is 3. The van der Waals surface area contributed by atoms with Gasteiger partial charge in [-0.25, -0.2) is 4.98 Å². The number of aromatic nitrogens is 3. The van der Waals surface area contributed by atoms with Crippen molar-refractivity contribution >= 4 is 33.0 Å². The molecule has 5 aromatic rings. The smallest absolute Gasteiger partial charge is 0.146 e. The van der Waals surface area contributed by atoms with Crippen LogP contribution in [-0.2, 0) is 7.05 Å². The van der Waals surface area contributed by atoms with Gasteiger partial charge in [0.25, 0.3) is 0 Å². The number of imidazole rings is 1. The van der Waals surface area contributed by atoms with E-state index in [1.807, 2.05) is 38.2 Å². The highest BCUT2D eigenvalue weighted by molar-refractivity contribution is 6.11. The molecule has 0 radical (unpaired) electrons. The predicted octanol–water partition coefficient (Wildman–Crippen LogP) is 5.15. The van der Waals surface area contributed by atoms with Gasteiger partial charge in [0.05, 0.1) is 22.3 Å². The summed E-state index contributed by atoms with van der Waals surface area (Å²) in [5, 5.41) is 2.31. The van der Waals surface area contributed by atoms with Crippen LogP contribution in [0.1, 0.15) is 11.3 Å². The van der Waals surface area contributed by atoms with E-state index in [0.717, 1.165) is 50.1 Å². The fourth-order valence-corrected chi connectivity index (χ4v) is 3.76. The quantitative estimate of drug-likeness (QED) is 0.427. The third-order valence-electron chi connectivity index (χ3n) is 4.94. The summed E-state index contributed by atoms with van der Waals surface area (Å²) in [6.45, 7) is 4.14. The molecule has 0 bridgehead atoms. The molecule has 0 fully saturated rings. The Balaban J connectivity index is 1.92. The van der Waals surface area contributed by atoms with Crippen molar-refractivity contribution in [2.75, 3.05) is 0 Å². The first-order valence-electron chi connectivity index (χ1n) is 8.34. The van der Waals surface area contributed by atoms with Crippen molar-refractivity contribution in [3.8, 4) is 11.4 Å². The van der Waals surface area contributed by atoms with Crippen molar-refractivity contribution in [1.82, 2.24) is 14.5 Å². The summed E-state index contributed by atoms with van der Waals surface area (Å²) in [5.41, 5.74) is 7.01. The lowest BCUT2D eigenvalue weighted by Gasteiger charge is -2.06. The Morgan fingerprint density at radius 1 is 1.00 bits per heavy atom. The normalized spacial score (nSPS) is 11.8. The second-order valence-corrected chi connectivity index (χ2v) is 6.49. The van der Waals surface area contributed by atoms with Crippen LogP contribution in [0, 0.1) is 13.8 Å². The van der Waals surface area contributed by atoms with Crippen LogP contribution in [0.5, 0.6) is 0 Å². The molecule has 0 aliphatic heterocycles. The van der Waals surface area contributed by atoms with Crippen molar-refractivity contribution in [3.63, 3.8) is 0 Å². The van der Waals surface area contributed by atoms with E-state index in [-0.39, 0.29) is 0 Å².